The van der Waals surface area contributed by atoms with Crippen LogP contribution in [-0.2, 0) is 22.7 Å². The summed E-state index contributed by atoms with van der Waals surface area (Å²) in [6.45, 7) is 2.16. The van der Waals surface area contributed by atoms with Crippen molar-refractivity contribution in [1.29, 1.82) is 0 Å². The van der Waals surface area contributed by atoms with Gasteiger partial charge in [0.15, 0.2) is 0 Å². The van der Waals surface area contributed by atoms with Crippen molar-refractivity contribution < 1.29 is 22.2 Å². The average molecular weight is 439 g/mol. The molecular weight excluding hydrogens is 410 g/mol. The second-order valence-corrected chi connectivity index (χ2v) is 7.44. The Morgan fingerprint density at radius 2 is 1.13 bits per heavy atom. The fourth-order valence-corrected chi connectivity index (χ4v) is 3.56. The van der Waals surface area contributed by atoms with Crippen LogP contribution in [0.2, 0.25) is 0 Å². The summed E-state index contributed by atoms with van der Waals surface area (Å²) in [7, 11) is 4.12. The van der Waals surface area contributed by atoms with Crippen LogP contribution in [0.4, 0.5) is 0 Å². The molecule has 0 unspecified atom stereocenters. The summed E-state index contributed by atoms with van der Waals surface area (Å²) in [6, 6.07) is 20.0. The summed E-state index contributed by atoms with van der Waals surface area (Å²) in [6.07, 6.45) is 16.2. The SMILES string of the molecule is C[C@H]([C]1[CH][CH][CH][C]1C(O)(c1ccccc1)c1ccccc1)N(C)C.[CH]1[CH][CH][CH][CH]1.[Fe+2]. The van der Waals surface area contributed by atoms with Gasteiger partial charge in [-0.2, -0.15) is 0 Å². The Bertz CT molecular complexity index is 667. The summed E-state index contributed by atoms with van der Waals surface area (Å²) in [4.78, 5) is 2.16. The van der Waals surface area contributed by atoms with Crippen molar-refractivity contribution in [1.82, 2.24) is 4.90 Å². The molecule has 0 amide bonds. The zero-order valence-electron chi connectivity index (χ0n) is 17.7. The van der Waals surface area contributed by atoms with Gasteiger partial charge in [-0.3, -0.25) is 0 Å². The first-order valence-corrected chi connectivity index (χ1v) is 9.97. The number of benzene rings is 2. The van der Waals surface area contributed by atoms with Crippen LogP contribution in [0.3, 0.4) is 0 Å². The minimum Gasteiger partial charge on any atom is -0.380 e. The van der Waals surface area contributed by atoms with Crippen molar-refractivity contribution in [3.8, 4) is 0 Å². The van der Waals surface area contributed by atoms with E-state index in [0.717, 1.165) is 23.0 Å². The van der Waals surface area contributed by atoms with Gasteiger partial charge >= 0.3 is 17.1 Å². The Kier molecular flexibility index (Phi) is 10.1. The zero-order valence-corrected chi connectivity index (χ0v) is 18.8. The Labute approximate surface area is 194 Å². The van der Waals surface area contributed by atoms with Gasteiger partial charge in [-0.25, -0.2) is 0 Å². The van der Waals surface area contributed by atoms with Gasteiger partial charge in [0.25, 0.3) is 0 Å². The molecule has 0 aliphatic heterocycles. The Morgan fingerprint density at radius 3 is 1.53 bits per heavy atom. The van der Waals surface area contributed by atoms with Crippen LogP contribution in [-0.4, -0.2) is 30.1 Å². The summed E-state index contributed by atoms with van der Waals surface area (Å²) in [5, 5.41) is 11.9. The fraction of sp³-hybridized carbons (Fsp3) is 0.185. The van der Waals surface area contributed by atoms with Crippen LogP contribution in [0.5, 0.6) is 0 Å². The molecule has 2 aliphatic carbocycles. The topological polar surface area (TPSA) is 23.5 Å². The van der Waals surface area contributed by atoms with E-state index in [2.05, 4.69) is 32.3 Å². The standard InChI is InChI=1S/C22H24NO.C5H5.Fe/c1-17(23(2)3)20-15-10-16-21(20)22(24,18-11-6-4-7-12-18)19-13-8-5-9-14-19;1-2-4-5-3-1;/h4-17,24H,1-3H3;1-5H;/q;;+2/t17-;;/m1../s1. The van der Waals surface area contributed by atoms with Crippen molar-refractivity contribution in [2.75, 3.05) is 14.1 Å². The molecular formula is C27H29FeNO+2. The first kappa shape index (κ1) is 25.1. The molecule has 1 N–H and O–H groups in total. The summed E-state index contributed by atoms with van der Waals surface area (Å²) in [5.41, 5.74) is 0.607. The molecule has 10 radical (unpaired) electrons. The minimum atomic E-state index is -1.16. The van der Waals surface area contributed by atoms with Crippen LogP contribution < -0.4 is 0 Å². The van der Waals surface area contributed by atoms with Crippen molar-refractivity contribution >= 4 is 0 Å². The van der Waals surface area contributed by atoms with Crippen molar-refractivity contribution in [2.24, 2.45) is 0 Å². The molecule has 2 nitrogen and oxygen atoms in total. The van der Waals surface area contributed by atoms with Crippen molar-refractivity contribution in [2.45, 2.75) is 18.6 Å². The maximum atomic E-state index is 11.9. The molecule has 0 aromatic heterocycles. The third kappa shape index (κ3) is 5.77. The molecule has 154 valence electrons. The summed E-state index contributed by atoms with van der Waals surface area (Å²) >= 11 is 0. The minimum absolute atomic E-state index is 0. The van der Waals surface area contributed by atoms with Gasteiger partial charge in [0, 0.05) is 17.9 Å². The monoisotopic (exact) mass is 439 g/mol. The normalized spacial score (nSPS) is 18.6. The molecule has 0 saturated heterocycles. The fourth-order valence-electron chi connectivity index (χ4n) is 3.56. The van der Waals surface area contributed by atoms with Gasteiger partial charge in [0.05, 0.1) is 0 Å². The average Bonchev–Trinajstić information content (AvgIpc) is 3.49. The molecule has 0 spiro atoms. The second kappa shape index (κ2) is 12.1. The molecule has 1 atom stereocenters. The van der Waals surface area contributed by atoms with Crippen molar-refractivity contribution in [3.05, 3.63) is 135 Å². The van der Waals surface area contributed by atoms with E-state index in [9.17, 15) is 5.11 Å². The van der Waals surface area contributed by atoms with E-state index in [1.165, 1.54) is 0 Å². The molecule has 2 aromatic carbocycles. The molecule has 2 aromatic rings. The summed E-state index contributed by atoms with van der Waals surface area (Å²) < 4.78 is 0. The van der Waals surface area contributed by atoms with E-state index >= 15 is 0 Å². The molecule has 0 heterocycles. The first-order valence-electron chi connectivity index (χ1n) is 9.97. The van der Waals surface area contributed by atoms with Gasteiger partial charge in [0.2, 0.25) is 0 Å². The Balaban J connectivity index is 0.000000468. The van der Waals surface area contributed by atoms with E-state index in [1.54, 1.807) is 0 Å². The number of hydrogen-bond donors (Lipinski definition) is 1. The number of rotatable bonds is 5. The number of hydrogen-bond acceptors (Lipinski definition) is 2. The Morgan fingerprint density at radius 1 is 0.700 bits per heavy atom. The Hall–Kier alpha value is -1.12. The van der Waals surface area contributed by atoms with Crippen LogP contribution in [0.25, 0.3) is 0 Å². The van der Waals surface area contributed by atoms with Crippen LogP contribution in [0.1, 0.15) is 18.1 Å². The molecule has 30 heavy (non-hydrogen) atoms. The third-order valence-corrected chi connectivity index (χ3v) is 5.40. The van der Waals surface area contributed by atoms with Gasteiger partial charge in [0.1, 0.15) is 5.60 Å². The van der Waals surface area contributed by atoms with Gasteiger partial charge in [-0.05, 0) is 83.5 Å². The second-order valence-electron chi connectivity index (χ2n) is 7.44. The summed E-state index contributed by atoms with van der Waals surface area (Å²) in [5.74, 6) is 2.09. The molecule has 3 heteroatoms. The van der Waals surface area contributed by atoms with Crippen molar-refractivity contribution in [3.63, 3.8) is 0 Å². The van der Waals surface area contributed by atoms with Gasteiger partial charge in [-0.15, -0.1) is 0 Å². The predicted molar refractivity (Wildman–Crippen MR) is 120 cm³/mol. The van der Waals surface area contributed by atoms with Gasteiger partial charge < -0.3 is 10.0 Å². The van der Waals surface area contributed by atoms with E-state index < -0.39 is 5.60 Å². The van der Waals surface area contributed by atoms with Crippen LogP contribution in [0, 0.1) is 63.2 Å². The molecule has 4 rings (SSSR count). The predicted octanol–water partition coefficient (Wildman–Crippen LogP) is 4.67. The van der Waals surface area contributed by atoms with E-state index in [0.29, 0.717) is 0 Å². The van der Waals surface area contributed by atoms with E-state index in [-0.39, 0.29) is 23.1 Å². The maximum Gasteiger partial charge on any atom is 2.00 e. The largest absolute Gasteiger partial charge is 2.00 e. The van der Waals surface area contributed by atoms with Gasteiger partial charge in [-0.1, -0.05) is 60.7 Å². The molecule has 2 saturated carbocycles. The molecule has 0 bridgehead atoms. The van der Waals surface area contributed by atoms with E-state index in [1.807, 2.05) is 106 Å². The molecule has 2 aliphatic rings. The zero-order chi connectivity index (χ0) is 20.7. The maximum absolute atomic E-state index is 11.9. The van der Waals surface area contributed by atoms with Crippen LogP contribution >= 0.6 is 0 Å². The number of aliphatic hydroxyl groups is 1. The van der Waals surface area contributed by atoms with E-state index in [4.69, 9.17) is 0 Å². The number of nitrogens with zero attached hydrogens (tertiary/aromatic N) is 1. The van der Waals surface area contributed by atoms with Crippen LogP contribution in [0.15, 0.2) is 60.7 Å². The smallest absolute Gasteiger partial charge is 0.380 e. The first-order chi connectivity index (χ1) is 14.0. The third-order valence-electron chi connectivity index (χ3n) is 5.40. The molecule has 2 fully saturated rings. The quantitative estimate of drug-likeness (QED) is 0.685.